The number of imidazole rings is 1. The van der Waals surface area contributed by atoms with Gasteiger partial charge >= 0.3 is 6.61 Å². The van der Waals surface area contributed by atoms with Gasteiger partial charge in [0.15, 0.2) is 25.5 Å². The van der Waals surface area contributed by atoms with Crippen LogP contribution >= 0.6 is 0 Å². The fourth-order valence-corrected chi connectivity index (χ4v) is 5.82. The SMILES string of the molecule is Cc1cc2ncc(-c3cccc(OC(F)F)c3)n2nc1N1CCC(F)(C(C)O[Si](C)(C)C(C)(C)C)C1. The Balaban J connectivity index is 1.61. The molecule has 0 N–H and O–H groups in total. The van der Waals surface area contributed by atoms with E-state index < -0.39 is 26.7 Å². The van der Waals surface area contributed by atoms with E-state index in [4.69, 9.17) is 9.52 Å². The monoisotopic (exact) mass is 520 g/mol. The summed E-state index contributed by atoms with van der Waals surface area (Å²) in [4.78, 5) is 6.40. The molecule has 196 valence electrons. The first kappa shape index (κ1) is 26.5. The molecule has 3 heterocycles. The Morgan fingerprint density at radius 3 is 2.56 bits per heavy atom. The van der Waals surface area contributed by atoms with Crippen LogP contribution in [0, 0.1) is 6.92 Å². The second kappa shape index (κ2) is 9.37. The minimum atomic E-state index is -2.91. The van der Waals surface area contributed by atoms with Gasteiger partial charge in [0.2, 0.25) is 0 Å². The van der Waals surface area contributed by atoms with E-state index >= 15 is 4.39 Å². The molecule has 2 unspecified atom stereocenters. The van der Waals surface area contributed by atoms with Gasteiger partial charge in [0.05, 0.1) is 24.5 Å². The fraction of sp³-hybridized carbons (Fsp3) is 0.538. The van der Waals surface area contributed by atoms with Crippen LogP contribution in [-0.2, 0) is 4.43 Å². The zero-order valence-electron chi connectivity index (χ0n) is 22.0. The highest BCUT2D eigenvalue weighted by Gasteiger charge is 2.48. The van der Waals surface area contributed by atoms with Gasteiger partial charge in [0.25, 0.3) is 0 Å². The summed E-state index contributed by atoms with van der Waals surface area (Å²) in [5.74, 6) is 0.725. The summed E-state index contributed by atoms with van der Waals surface area (Å²) in [7, 11) is -2.13. The van der Waals surface area contributed by atoms with Crippen LogP contribution < -0.4 is 9.64 Å². The van der Waals surface area contributed by atoms with Crippen molar-refractivity contribution in [3.63, 3.8) is 0 Å². The molecule has 0 aliphatic carbocycles. The minimum Gasteiger partial charge on any atom is -0.435 e. The van der Waals surface area contributed by atoms with Crippen LogP contribution in [0.3, 0.4) is 0 Å². The van der Waals surface area contributed by atoms with Crippen molar-refractivity contribution in [2.75, 3.05) is 18.0 Å². The second-order valence-corrected chi connectivity index (χ2v) is 16.0. The number of alkyl halides is 3. The standard InChI is InChI=1S/C26H35F3N4O2Si/c1-17-13-22-30-15-21(19-9-8-10-20(14-19)34-24(27)28)33(22)31-23(17)32-12-11-26(29,16-32)18(2)35-36(6,7)25(3,4)5/h8-10,13-15,18,24H,11-12,16H2,1-7H3. The first-order valence-corrected chi connectivity index (χ1v) is 15.1. The predicted octanol–water partition coefficient (Wildman–Crippen LogP) is 6.63. The fourth-order valence-electron chi connectivity index (χ4n) is 4.37. The van der Waals surface area contributed by atoms with Gasteiger partial charge in [-0.15, -0.1) is 5.10 Å². The molecule has 4 rings (SSSR count). The van der Waals surface area contributed by atoms with Crippen molar-refractivity contribution in [2.45, 2.75) is 77.6 Å². The topological polar surface area (TPSA) is 51.9 Å². The van der Waals surface area contributed by atoms with E-state index in [0.29, 0.717) is 35.7 Å². The molecule has 10 heteroatoms. The molecule has 1 fully saturated rings. The van der Waals surface area contributed by atoms with Crippen LogP contribution in [0.25, 0.3) is 16.9 Å². The van der Waals surface area contributed by atoms with Crippen LogP contribution in [0.1, 0.15) is 39.7 Å². The average Bonchev–Trinajstić information content (AvgIpc) is 3.36. The Kier molecular flexibility index (Phi) is 6.89. The Morgan fingerprint density at radius 1 is 1.17 bits per heavy atom. The molecule has 3 aromatic rings. The maximum Gasteiger partial charge on any atom is 0.387 e. The van der Waals surface area contributed by atoms with Crippen molar-refractivity contribution < 1.29 is 22.3 Å². The number of nitrogens with zero attached hydrogens (tertiary/aromatic N) is 4. The molecular weight excluding hydrogens is 485 g/mol. The van der Waals surface area contributed by atoms with E-state index in [2.05, 4.69) is 43.6 Å². The van der Waals surface area contributed by atoms with E-state index in [1.54, 1.807) is 22.8 Å². The maximum absolute atomic E-state index is 16.2. The molecule has 0 radical (unpaired) electrons. The zero-order chi connectivity index (χ0) is 26.5. The van der Waals surface area contributed by atoms with Gasteiger partial charge in [0, 0.05) is 18.5 Å². The van der Waals surface area contributed by atoms with Gasteiger partial charge in [0.1, 0.15) is 5.75 Å². The molecule has 2 aromatic heterocycles. The largest absolute Gasteiger partial charge is 0.435 e. The van der Waals surface area contributed by atoms with Gasteiger partial charge in [-0.1, -0.05) is 32.9 Å². The Morgan fingerprint density at radius 2 is 1.89 bits per heavy atom. The first-order chi connectivity index (χ1) is 16.7. The van der Waals surface area contributed by atoms with E-state index in [1.807, 2.05) is 24.8 Å². The number of aromatic nitrogens is 3. The van der Waals surface area contributed by atoms with Crippen LogP contribution in [0.5, 0.6) is 5.75 Å². The molecule has 1 saturated heterocycles. The third kappa shape index (κ3) is 5.11. The van der Waals surface area contributed by atoms with Gasteiger partial charge in [-0.3, -0.25) is 0 Å². The molecule has 6 nitrogen and oxygen atoms in total. The van der Waals surface area contributed by atoms with Crippen LogP contribution in [0.15, 0.2) is 36.5 Å². The lowest BCUT2D eigenvalue weighted by atomic mass is 9.99. The number of halogens is 3. The number of benzene rings is 1. The average molecular weight is 521 g/mol. The smallest absolute Gasteiger partial charge is 0.387 e. The van der Waals surface area contributed by atoms with Crippen LogP contribution in [0.2, 0.25) is 18.1 Å². The number of fused-ring (bicyclic) bond motifs is 1. The van der Waals surface area contributed by atoms with Gasteiger partial charge < -0.3 is 14.1 Å². The molecule has 2 atom stereocenters. The minimum absolute atomic E-state index is 0.00538. The summed E-state index contributed by atoms with van der Waals surface area (Å²) in [5.41, 5.74) is 1.28. The van der Waals surface area contributed by atoms with Crippen molar-refractivity contribution in [3.8, 4) is 17.0 Å². The second-order valence-electron chi connectivity index (χ2n) is 11.2. The third-order valence-corrected chi connectivity index (χ3v) is 12.1. The van der Waals surface area contributed by atoms with E-state index in [9.17, 15) is 8.78 Å². The molecule has 0 bridgehead atoms. The summed E-state index contributed by atoms with van der Waals surface area (Å²) in [5, 5.41) is 4.81. The first-order valence-electron chi connectivity index (χ1n) is 12.2. The summed E-state index contributed by atoms with van der Waals surface area (Å²) in [6.07, 6.45) is 1.46. The van der Waals surface area contributed by atoms with E-state index in [1.165, 1.54) is 12.1 Å². The number of anilines is 1. The lowest BCUT2D eigenvalue weighted by Crippen LogP contribution is -2.50. The quantitative estimate of drug-likeness (QED) is 0.327. The van der Waals surface area contributed by atoms with Crippen LogP contribution in [-0.4, -0.2) is 54.4 Å². The van der Waals surface area contributed by atoms with Crippen molar-refractivity contribution >= 4 is 19.8 Å². The third-order valence-electron chi connectivity index (χ3n) is 7.57. The molecule has 1 aromatic carbocycles. The number of hydrogen-bond acceptors (Lipinski definition) is 5. The van der Waals surface area contributed by atoms with Crippen molar-refractivity contribution in [3.05, 3.63) is 42.1 Å². The number of rotatable bonds is 7. The molecular formula is C26H35F3N4O2Si. The van der Waals surface area contributed by atoms with Crippen molar-refractivity contribution in [1.29, 1.82) is 0 Å². The Hall–Kier alpha value is -2.59. The summed E-state index contributed by atoms with van der Waals surface area (Å²) >= 11 is 0. The van der Waals surface area contributed by atoms with Gasteiger partial charge in [-0.05, 0) is 55.7 Å². The van der Waals surface area contributed by atoms with Gasteiger partial charge in [-0.2, -0.15) is 8.78 Å². The van der Waals surface area contributed by atoms with Gasteiger partial charge in [-0.25, -0.2) is 13.9 Å². The molecule has 0 amide bonds. The summed E-state index contributed by atoms with van der Waals surface area (Å²) in [6.45, 7) is 12.3. The molecule has 36 heavy (non-hydrogen) atoms. The summed E-state index contributed by atoms with van der Waals surface area (Å²) < 4.78 is 54.2. The molecule has 1 aliphatic heterocycles. The number of ether oxygens (including phenoxy) is 1. The van der Waals surface area contributed by atoms with Crippen molar-refractivity contribution in [1.82, 2.24) is 14.6 Å². The number of aryl methyl sites for hydroxylation is 1. The lowest BCUT2D eigenvalue weighted by molar-refractivity contribution is -0.0498. The van der Waals surface area contributed by atoms with Crippen molar-refractivity contribution in [2.24, 2.45) is 0 Å². The highest BCUT2D eigenvalue weighted by Crippen LogP contribution is 2.41. The highest BCUT2D eigenvalue weighted by atomic mass is 28.4. The zero-order valence-corrected chi connectivity index (χ0v) is 23.0. The molecule has 0 saturated carbocycles. The van der Waals surface area contributed by atoms with E-state index in [0.717, 1.165) is 5.56 Å². The lowest BCUT2D eigenvalue weighted by Gasteiger charge is -2.41. The van der Waals surface area contributed by atoms with E-state index in [-0.39, 0.29) is 17.3 Å². The normalized spacial score (nSPS) is 19.9. The Bertz CT molecular complexity index is 1240. The number of hydrogen-bond donors (Lipinski definition) is 0. The summed E-state index contributed by atoms with van der Waals surface area (Å²) in [6, 6.07) is 8.33. The molecule has 1 aliphatic rings. The highest BCUT2D eigenvalue weighted by molar-refractivity contribution is 6.74. The maximum atomic E-state index is 16.2. The Labute approximate surface area is 211 Å². The van der Waals surface area contributed by atoms with Crippen LogP contribution in [0.4, 0.5) is 19.0 Å². The molecule has 0 spiro atoms. The predicted molar refractivity (Wildman–Crippen MR) is 138 cm³/mol.